The lowest BCUT2D eigenvalue weighted by molar-refractivity contribution is 0.0693. The van der Waals surface area contributed by atoms with Gasteiger partial charge >= 0.3 is 5.97 Å². The van der Waals surface area contributed by atoms with Crippen LogP contribution in [0.2, 0.25) is 0 Å². The third kappa shape index (κ3) is 4.00. The summed E-state index contributed by atoms with van der Waals surface area (Å²) >= 11 is 1.49. The number of carboxylic acid groups (broad SMARTS) is 1. The highest BCUT2D eigenvalue weighted by atomic mass is 32.2. The van der Waals surface area contributed by atoms with Crippen molar-refractivity contribution >= 4 is 17.7 Å². The summed E-state index contributed by atoms with van der Waals surface area (Å²) in [4.78, 5) is 13.3. The maximum atomic E-state index is 11.5. The van der Waals surface area contributed by atoms with Crippen molar-refractivity contribution in [2.75, 3.05) is 0 Å². The number of rotatable bonds is 4. The predicted octanol–water partition coefficient (Wildman–Crippen LogP) is 6.50. The maximum Gasteiger partial charge on any atom is 0.336 e. The van der Waals surface area contributed by atoms with E-state index in [1.807, 2.05) is 30.3 Å². The molecule has 3 aromatic carbocycles. The van der Waals surface area contributed by atoms with Crippen molar-refractivity contribution in [1.29, 1.82) is 0 Å². The lowest BCUT2D eigenvalue weighted by Crippen LogP contribution is -2.10. The summed E-state index contributed by atoms with van der Waals surface area (Å²) in [6, 6.07) is 23.9. The first-order valence-corrected chi connectivity index (χ1v) is 9.38. The smallest absolute Gasteiger partial charge is 0.336 e. The fourth-order valence-corrected chi connectivity index (χ4v) is 3.89. The summed E-state index contributed by atoms with van der Waals surface area (Å²) in [5.74, 6) is -0.903. The van der Waals surface area contributed by atoms with Gasteiger partial charge in [-0.1, -0.05) is 87.1 Å². The van der Waals surface area contributed by atoms with Gasteiger partial charge in [-0.25, -0.2) is 4.79 Å². The van der Waals surface area contributed by atoms with Crippen LogP contribution in [0.1, 0.15) is 36.7 Å². The summed E-state index contributed by atoms with van der Waals surface area (Å²) in [7, 11) is 0. The van der Waals surface area contributed by atoms with Gasteiger partial charge in [0.05, 0.1) is 5.56 Å². The summed E-state index contributed by atoms with van der Waals surface area (Å²) in [5, 5.41) is 9.42. The molecule has 0 heterocycles. The molecular formula is C23H22O2S. The molecular weight excluding hydrogens is 340 g/mol. The number of hydrogen-bond acceptors (Lipinski definition) is 2. The molecule has 0 aliphatic rings. The number of hydrogen-bond donors (Lipinski definition) is 1. The van der Waals surface area contributed by atoms with E-state index in [-0.39, 0.29) is 5.41 Å². The Morgan fingerprint density at radius 3 is 2.00 bits per heavy atom. The molecule has 3 aromatic rings. The third-order valence-electron chi connectivity index (χ3n) is 4.29. The van der Waals surface area contributed by atoms with E-state index in [1.165, 1.54) is 17.3 Å². The molecule has 26 heavy (non-hydrogen) atoms. The molecule has 0 saturated heterocycles. The molecule has 0 bridgehead atoms. The van der Waals surface area contributed by atoms with Crippen molar-refractivity contribution in [2.45, 2.75) is 36.0 Å². The Morgan fingerprint density at radius 1 is 0.808 bits per heavy atom. The van der Waals surface area contributed by atoms with E-state index in [1.54, 1.807) is 12.1 Å². The van der Waals surface area contributed by atoms with E-state index in [0.29, 0.717) is 5.56 Å². The SMILES string of the molecule is CC(C)(C)c1ccc(-c2ccccc2Sc2ccccc2C(=O)O)cc1. The molecule has 1 N–H and O–H groups in total. The molecule has 3 rings (SSSR count). The minimum Gasteiger partial charge on any atom is -0.478 e. The summed E-state index contributed by atoms with van der Waals surface area (Å²) < 4.78 is 0. The molecule has 0 unspecified atom stereocenters. The number of aromatic carboxylic acids is 1. The minimum absolute atomic E-state index is 0.118. The van der Waals surface area contributed by atoms with Gasteiger partial charge in [-0.2, -0.15) is 0 Å². The molecule has 0 aromatic heterocycles. The Hall–Kier alpha value is -2.52. The quantitative estimate of drug-likeness (QED) is 0.575. The van der Waals surface area contributed by atoms with Crippen molar-refractivity contribution < 1.29 is 9.90 Å². The Labute approximate surface area is 158 Å². The van der Waals surface area contributed by atoms with Crippen LogP contribution in [0.25, 0.3) is 11.1 Å². The second-order valence-electron chi connectivity index (χ2n) is 7.23. The first-order chi connectivity index (χ1) is 12.4. The molecule has 0 amide bonds. The van der Waals surface area contributed by atoms with Crippen LogP contribution in [0.15, 0.2) is 82.6 Å². The van der Waals surface area contributed by atoms with Crippen molar-refractivity contribution in [3.63, 3.8) is 0 Å². The van der Waals surface area contributed by atoms with E-state index in [2.05, 4.69) is 51.1 Å². The topological polar surface area (TPSA) is 37.3 Å². The van der Waals surface area contributed by atoms with Crippen molar-refractivity contribution in [2.24, 2.45) is 0 Å². The summed E-state index contributed by atoms with van der Waals surface area (Å²) in [6.45, 7) is 6.61. The van der Waals surface area contributed by atoms with E-state index in [9.17, 15) is 9.90 Å². The highest BCUT2D eigenvalue weighted by Gasteiger charge is 2.15. The number of benzene rings is 3. The van der Waals surface area contributed by atoms with Gasteiger partial charge in [-0.3, -0.25) is 0 Å². The van der Waals surface area contributed by atoms with Crippen LogP contribution in [0.3, 0.4) is 0 Å². The van der Waals surface area contributed by atoms with E-state index < -0.39 is 5.97 Å². The third-order valence-corrected chi connectivity index (χ3v) is 5.44. The molecule has 0 saturated carbocycles. The fraction of sp³-hybridized carbons (Fsp3) is 0.174. The van der Waals surface area contributed by atoms with Gasteiger partial charge in [0.1, 0.15) is 0 Å². The zero-order chi connectivity index (χ0) is 18.7. The lowest BCUT2D eigenvalue weighted by atomic mass is 9.86. The summed E-state index contributed by atoms with van der Waals surface area (Å²) in [6.07, 6.45) is 0. The van der Waals surface area contributed by atoms with Gasteiger partial charge in [0.15, 0.2) is 0 Å². The normalized spacial score (nSPS) is 11.3. The van der Waals surface area contributed by atoms with Crippen LogP contribution in [0.4, 0.5) is 0 Å². The van der Waals surface area contributed by atoms with Crippen LogP contribution in [0, 0.1) is 0 Å². The van der Waals surface area contributed by atoms with Crippen LogP contribution in [-0.2, 0) is 5.41 Å². The van der Waals surface area contributed by atoms with Crippen molar-refractivity contribution in [3.8, 4) is 11.1 Å². The largest absolute Gasteiger partial charge is 0.478 e. The van der Waals surface area contributed by atoms with Crippen molar-refractivity contribution in [3.05, 3.63) is 83.9 Å². The first-order valence-electron chi connectivity index (χ1n) is 8.56. The Kier molecular flexibility index (Phi) is 5.19. The molecule has 132 valence electrons. The molecule has 0 atom stereocenters. The number of carboxylic acids is 1. The van der Waals surface area contributed by atoms with E-state index in [4.69, 9.17) is 0 Å². The molecule has 0 fully saturated rings. The molecule has 2 nitrogen and oxygen atoms in total. The molecule has 0 aliphatic heterocycles. The molecule has 3 heteroatoms. The second-order valence-corrected chi connectivity index (χ2v) is 8.31. The standard InChI is InChI=1S/C23H22O2S/c1-23(2,3)17-14-12-16(13-15-17)18-8-4-6-10-20(18)26-21-11-7-5-9-19(21)22(24)25/h4-15H,1-3H3,(H,24,25). The average Bonchev–Trinajstić information content (AvgIpc) is 2.62. The van der Waals surface area contributed by atoms with Gasteiger partial charge < -0.3 is 5.11 Å². The van der Waals surface area contributed by atoms with Gasteiger partial charge in [0.2, 0.25) is 0 Å². The monoisotopic (exact) mass is 362 g/mol. The maximum absolute atomic E-state index is 11.5. The van der Waals surface area contributed by atoms with Gasteiger partial charge in [0.25, 0.3) is 0 Å². The fourth-order valence-electron chi connectivity index (χ4n) is 2.79. The van der Waals surface area contributed by atoms with Gasteiger partial charge in [-0.15, -0.1) is 0 Å². The Morgan fingerprint density at radius 2 is 1.38 bits per heavy atom. The highest BCUT2D eigenvalue weighted by molar-refractivity contribution is 7.99. The molecule has 0 radical (unpaired) electrons. The van der Waals surface area contributed by atoms with Crippen LogP contribution < -0.4 is 0 Å². The zero-order valence-corrected chi connectivity index (χ0v) is 16.0. The Balaban J connectivity index is 1.98. The zero-order valence-electron chi connectivity index (χ0n) is 15.2. The molecule has 0 spiro atoms. The minimum atomic E-state index is -0.903. The predicted molar refractivity (Wildman–Crippen MR) is 108 cm³/mol. The van der Waals surface area contributed by atoms with Crippen LogP contribution >= 0.6 is 11.8 Å². The van der Waals surface area contributed by atoms with Gasteiger partial charge in [0, 0.05) is 9.79 Å². The average molecular weight is 362 g/mol. The van der Waals surface area contributed by atoms with E-state index in [0.717, 1.165) is 20.9 Å². The van der Waals surface area contributed by atoms with Crippen LogP contribution in [-0.4, -0.2) is 11.1 Å². The first kappa shape index (κ1) is 18.3. The summed E-state index contributed by atoms with van der Waals surface area (Å²) in [5.41, 5.74) is 3.98. The van der Waals surface area contributed by atoms with Gasteiger partial charge in [-0.05, 0) is 40.3 Å². The van der Waals surface area contributed by atoms with E-state index >= 15 is 0 Å². The highest BCUT2D eigenvalue weighted by Crippen LogP contribution is 2.38. The number of carbonyl (C=O) groups is 1. The second kappa shape index (κ2) is 7.38. The Bertz CT molecular complexity index is 921. The van der Waals surface area contributed by atoms with Crippen LogP contribution in [0.5, 0.6) is 0 Å². The van der Waals surface area contributed by atoms with Crippen molar-refractivity contribution in [1.82, 2.24) is 0 Å². The molecule has 0 aliphatic carbocycles. The lowest BCUT2D eigenvalue weighted by Gasteiger charge is -2.19.